The van der Waals surface area contributed by atoms with Crippen LogP contribution in [0.2, 0.25) is 0 Å². The van der Waals surface area contributed by atoms with E-state index in [4.69, 9.17) is 13.3 Å². The first-order valence-electron chi connectivity index (χ1n) is 16.4. The minimum atomic E-state index is 0.821. The number of para-hydroxylation sites is 6. The van der Waals surface area contributed by atoms with Crippen LogP contribution in [0.5, 0.6) is 0 Å². The standard InChI is InChI=1S/C44H26N2O3/c1-5-17-35-33(13-1)41-34-14-4-8-22-40(34)49-44(41)46(35)28-25-23-27(24-26-28)45(36-18-9-15-31-29-11-2-6-20-38(29)47-42(31)36)37-19-10-16-32-30-12-3-7-21-39(30)48-43(32)37/h1-26H. The Hall–Kier alpha value is -6.72. The predicted molar refractivity (Wildman–Crippen MR) is 200 cm³/mol. The first-order chi connectivity index (χ1) is 24.3. The number of hydrogen-bond acceptors (Lipinski definition) is 4. The first kappa shape index (κ1) is 26.4. The van der Waals surface area contributed by atoms with Crippen molar-refractivity contribution >= 4 is 93.9 Å². The number of anilines is 3. The molecule has 5 heteroatoms. The van der Waals surface area contributed by atoms with E-state index in [1.165, 1.54) is 5.39 Å². The van der Waals surface area contributed by atoms with E-state index in [1.54, 1.807) is 0 Å². The lowest BCUT2D eigenvalue weighted by Crippen LogP contribution is -2.10. The van der Waals surface area contributed by atoms with Crippen molar-refractivity contribution < 1.29 is 13.3 Å². The lowest BCUT2D eigenvalue weighted by molar-refractivity contribution is 0.645. The maximum atomic E-state index is 6.60. The van der Waals surface area contributed by atoms with E-state index in [-0.39, 0.29) is 0 Å². The summed E-state index contributed by atoms with van der Waals surface area (Å²) < 4.78 is 21.9. The molecule has 0 bridgehead atoms. The number of aromatic nitrogens is 1. The molecule has 11 aromatic rings. The summed E-state index contributed by atoms with van der Waals surface area (Å²) >= 11 is 0. The molecule has 0 aliphatic heterocycles. The lowest BCUT2D eigenvalue weighted by atomic mass is 10.1. The Labute approximate surface area is 279 Å². The van der Waals surface area contributed by atoms with Gasteiger partial charge in [0.1, 0.15) is 16.7 Å². The molecule has 0 aliphatic carbocycles. The van der Waals surface area contributed by atoms with Gasteiger partial charge in [-0.05, 0) is 60.7 Å². The average molecular weight is 631 g/mol. The molecule has 0 atom stereocenters. The van der Waals surface area contributed by atoms with Crippen molar-refractivity contribution in [3.63, 3.8) is 0 Å². The maximum absolute atomic E-state index is 6.60. The zero-order chi connectivity index (χ0) is 32.1. The molecule has 7 aromatic carbocycles. The van der Waals surface area contributed by atoms with Crippen molar-refractivity contribution in [2.24, 2.45) is 0 Å². The molecule has 0 aliphatic rings. The van der Waals surface area contributed by atoms with Gasteiger partial charge in [-0.15, -0.1) is 0 Å². The molecular formula is C44H26N2O3. The summed E-state index contributed by atoms with van der Waals surface area (Å²) in [6, 6.07) is 54.6. The van der Waals surface area contributed by atoms with E-state index >= 15 is 0 Å². The molecule has 4 aromatic heterocycles. The zero-order valence-corrected chi connectivity index (χ0v) is 26.1. The summed E-state index contributed by atoms with van der Waals surface area (Å²) in [5, 5.41) is 7.73. The van der Waals surface area contributed by atoms with Crippen LogP contribution < -0.4 is 4.90 Å². The van der Waals surface area contributed by atoms with Gasteiger partial charge in [0.15, 0.2) is 11.2 Å². The molecule has 0 saturated carbocycles. The number of fused-ring (bicyclic) bond motifs is 11. The zero-order valence-electron chi connectivity index (χ0n) is 26.1. The molecule has 0 radical (unpaired) electrons. The van der Waals surface area contributed by atoms with E-state index in [0.717, 1.165) is 94.2 Å². The van der Waals surface area contributed by atoms with Crippen molar-refractivity contribution in [2.75, 3.05) is 4.90 Å². The molecule has 0 unspecified atom stereocenters. The molecule has 0 fully saturated rings. The van der Waals surface area contributed by atoms with Crippen LogP contribution in [0.1, 0.15) is 0 Å². The molecule has 49 heavy (non-hydrogen) atoms. The highest BCUT2D eigenvalue weighted by Gasteiger charge is 2.24. The topological polar surface area (TPSA) is 47.6 Å². The van der Waals surface area contributed by atoms with Gasteiger partial charge in [-0.2, -0.15) is 0 Å². The molecule has 4 heterocycles. The Morgan fingerprint density at radius 2 is 0.878 bits per heavy atom. The normalized spacial score (nSPS) is 12.1. The van der Waals surface area contributed by atoms with Crippen LogP contribution in [0.3, 0.4) is 0 Å². The monoisotopic (exact) mass is 630 g/mol. The second-order valence-electron chi connectivity index (χ2n) is 12.5. The van der Waals surface area contributed by atoms with Crippen molar-refractivity contribution in [2.45, 2.75) is 0 Å². The highest BCUT2D eigenvalue weighted by atomic mass is 16.3. The fraction of sp³-hybridized carbons (Fsp3) is 0. The van der Waals surface area contributed by atoms with Crippen LogP contribution in [-0.4, -0.2) is 4.57 Å². The summed E-state index contributed by atoms with van der Waals surface area (Å²) in [6.45, 7) is 0. The number of rotatable bonds is 4. The van der Waals surface area contributed by atoms with E-state index < -0.39 is 0 Å². The minimum Gasteiger partial charge on any atom is -0.454 e. The molecule has 0 N–H and O–H groups in total. The molecule has 0 amide bonds. The molecule has 0 spiro atoms. The van der Waals surface area contributed by atoms with Gasteiger partial charge in [-0.3, -0.25) is 4.57 Å². The summed E-state index contributed by atoms with van der Waals surface area (Å²) in [4.78, 5) is 2.25. The summed E-state index contributed by atoms with van der Waals surface area (Å²) in [7, 11) is 0. The van der Waals surface area contributed by atoms with Crippen LogP contribution in [0.4, 0.5) is 17.1 Å². The highest BCUT2D eigenvalue weighted by Crippen LogP contribution is 2.46. The smallest absolute Gasteiger partial charge is 0.213 e. The fourth-order valence-corrected chi connectivity index (χ4v) is 7.67. The fourth-order valence-electron chi connectivity index (χ4n) is 7.67. The van der Waals surface area contributed by atoms with Gasteiger partial charge in [0, 0.05) is 43.7 Å². The quantitative estimate of drug-likeness (QED) is 0.194. The highest BCUT2D eigenvalue weighted by molar-refractivity contribution is 6.20. The van der Waals surface area contributed by atoms with Crippen LogP contribution >= 0.6 is 0 Å². The predicted octanol–water partition coefficient (Wildman–Crippen LogP) is 12.8. The summed E-state index contributed by atoms with van der Waals surface area (Å²) in [5.41, 5.74) is 10.0. The van der Waals surface area contributed by atoms with Crippen molar-refractivity contribution in [1.82, 2.24) is 4.57 Å². The Bertz CT molecular complexity index is 2950. The molecular weight excluding hydrogens is 604 g/mol. The van der Waals surface area contributed by atoms with Crippen molar-refractivity contribution in [3.8, 4) is 5.69 Å². The molecule has 11 rings (SSSR count). The summed E-state index contributed by atoms with van der Waals surface area (Å²) in [5.74, 6) is 0. The van der Waals surface area contributed by atoms with E-state index in [9.17, 15) is 0 Å². The molecule has 230 valence electrons. The van der Waals surface area contributed by atoms with Gasteiger partial charge in [-0.1, -0.05) is 97.1 Å². The van der Waals surface area contributed by atoms with Gasteiger partial charge in [0.25, 0.3) is 0 Å². The van der Waals surface area contributed by atoms with Gasteiger partial charge in [-0.25, -0.2) is 0 Å². The Kier molecular flexibility index (Phi) is 5.32. The SMILES string of the molecule is c1ccc2c(c1)oc1c(N(c3ccc(-n4c5ccccc5c5c6ccccc6oc54)cc3)c3cccc4c3oc3ccccc34)cccc12. The first-order valence-corrected chi connectivity index (χ1v) is 16.4. The number of nitrogens with zero attached hydrogens (tertiary/aromatic N) is 2. The van der Waals surface area contributed by atoms with Crippen LogP contribution in [-0.2, 0) is 0 Å². The Balaban J connectivity index is 1.16. The maximum Gasteiger partial charge on any atom is 0.213 e. The number of benzene rings is 7. The van der Waals surface area contributed by atoms with Gasteiger partial charge in [0.2, 0.25) is 5.71 Å². The lowest BCUT2D eigenvalue weighted by Gasteiger charge is -2.26. The van der Waals surface area contributed by atoms with Gasteiger partial charge >= 0.3 is 0 Å². The third-order valence-electron chi connectivity index (χ3n) is 9.81. The molecule has 5 nitrogen and oxygen atoms in total. The molecule has 0 saturated heterocycles. The van der Waals surface area contributed by atoms with E-state index in [0.29, 0.717) is 0 Å². The summed E-state index contributed by atoms with van der Waals surface area (Å²) in [6.07, 6.45) is 0. The van der Waals surface area contributed by atoms with Crippen LogP contribution in [0, 0.1) is 0 Å². The van der Waals surface area contributed by atoms with Crippen molar-refractivity contribution in [1.29, 1.82) is 0 Å². The van der Waals surface area contributed by atoms with E-state index in [1.807, 2.05) is 36.4 Å². The second kappa shape index (κ2) is 9.89. The van der Waals surface area contributed by atoms with Crippen molar-refractivity contribution in [3.05, 3.63) is 158 Å². The van der Waals surface area contributed by atoms with Gasteiger partial charge in [0.05, 0.1) is 22.3 Å². The largest absolute Gasteiger partial charge is 0.454 e. The van der Waals surface area contributed by atoms with Gasteiger partial charge < -0.3 is 18.2 Å². The van der Waals surface area contributed by atoms with Crippen LogP contribution in [0.25, 0.3) is 82.5 Å². The average Bonchev–Trinajstić information content (AvgIpc) is 3.91. The third-order valence-corrected chi connectivity index (χ3v) is 9.81. The van der Waals surface area contributed by atoms with Crippen LogP contribution in [0.15, 0.2) is 171 Å². The Morgan fingerprint density at radius 3 is 1.49 bits per heavy atom. The van der Waals surface area contributed by atoms with E-state index in [2.05, 4.69) is 131 Å². The Morgan fingerprint density at radius 1 is 0.388 bits per heavy atom. The number of hydrogen-bond donors (Lipinski definition) is 0. The minimum absolute atomic E-state index is 0.821. The second-order valence-corrected chi connectivity index (χ2v) is 12.5. The number of furan rings is 3. The third kappa shape index (κ3) is 3.70.